The van der Waals surface area contributed by atoms with Gasteiger partial charge in [-0.05, 0) is 18.1 Å². The number of aliphatic hydroxyl groups excluding tert-OH is 1. The first kappa shape index (κ1) is 11.5. The first-order chi connectivity index (χ1) is 7.20. The predicted molar refractivity (Wildman–Crippen MR) is 58.1 cm³/mol. The van der Waals surface area contributed by atoms with Crippen LogP contribution in [0.3, 0.4) is 0 Å². The van der Waals surface area contributed by atoms with Crippen molar-refractivity contribution in [2.75, 3.05) is 13.7 Å². The lowest BCUT2D eigenvalue weighted by Gasteiger charge is -2.07. The molecule has 1 N–H and O–H groups in total. The molecule has 0 saturated heterocycles. The number of aliphatic hydroxyl groups is 1. The summed E-state index contributed by atoms with van der Waals surface area (Å²) in [6, 6.07) is 9.42. The van der Waals surface area contributed by atoms with Crippen molar-refractivity contribution >= 4 is 11.5 Å². The highest BCUT2D eigenvalue weighted by molar-refractivity contribution is 5.97. The van der Waals surface area contributed by atoms with E-state index in [2.05, 4.69) is 4.74 Å². The summed E-state index contributed by atoms with van der Waals surface area (Å²) in [7, 11) is 1.30. The molecule has 0 heterocycles. The standard InChI is InChI=1S/C12H14O3/c1-9(10-6-4-3-5-7-10)11(8-13)12(14)15-2/h3-7,13H,8H2,1-2H3/b11-9-. The number of allylic oxidation sites excluding steroid dienone is 1. The van der Waals surface area contributed by atoms with E-state index in [1.54, 1.807) is 6.92 Å². The normalized spacial score (nSPS) is 11.9. The van der Waals surface area contributed by atoms with Crippen molar-refractivity contribution in [1.29, 1.82) is 0 Å². The Labute approximate surface area is 89.0 Å². The Kier molecular flexibility index (Phi) is 4.06. The Balaban J connectivity index is 3.12. The topological polar surface area (TPSA) is 46.5 Å². The van der Waals surface area contributed by atoms with Crippen molar-refractivity contribution in [3.05, 3.63) is 41.5 Å². The van der Waals surface area contributed by atoms with Crippen molar-refractivity contribution in [2.24, 2.45) is 0 Å². The summed E-state index contributed by atoms with van der Waals surface area (Å²) in [6.45, 7) is 1.48. The SMILES string of the molecule is COC(=O)/C(CO)=C(/C)c1ccccc1. The average Bonchev–Trinajstić information content (AvgIpc) is 2.30. The quantitative estimate of drug-likeness (QED) is 0.604. The molecule has 0 amide bonds. The van der Waals surface area contributed by atoms with Gasteiger partial charge in [0.1, 0.15) is 0 Å². The maximum Gasteiger partial charge on any atom is 0.336 e. The largest absolute Gasteiger partial charge is 0.466 e. The third-order valence-corrected chi connectivity index (χ3v) is 2.25. The number of rotatable bonds is 3. The summed E-state index contributed by atoms with van der Waals surface area (Å²) >= 11 is 0. The van der Waals surface area contributed by atoms with Gasteiger partial charge in [0.05, 0.1) is 19.3 Å². The zero-order chi connectivity index (χ0) is 11.3. The number of esters is 1. The number of methoxy groups -OCH3 is 1. The fourth-order valence-electron chi connectivity index (χ4n) is 1.32. The van der Waals surface area contributed by atoms with E-state index < -0.39 is 5.97 Å². The Morgan fingerprint density at radius 1 is 1.33 bits per heavy atom. The molecule has 1 rings (SSSR count). The molecule has 1 aromatic rings. The van der Waals surface area contributed by atoms with Crippen LogP contribution in [0.5, 0.6) is 0 Å². The molecule has 0 aliphatic heterocycles. The molecule has 0 aliphatic rings. The molecular formula is C12H14O3. The Hall–Kier alpha value is -1.61. The van der Waals surface area contributed by atoms with Crippen LogP contribution in [-0.4, -0.2) is 24.8 Å². The van der Waals surface area contributed by atoms with Gasteiger partial charge < -0.3 is 9.84 Å². The second-order valence-electron chi connectivity index (χ2n) is 3.12. The summed E-state index contributed by atoms with van der Waals surface area (Å²) in [4.78, 5) is 11.3. The van der Waals surface area contributed by atoms with Crippen molar-refractivity contribution < 1.29 is 14.6 Å². The molecule has 0 bridgehead atoms. The highest BCUT2D eigenvalue weighted by Gasteiger charge is 2.12. The third-order valence-electron chi connectivity index (χ3n) is 2.25. The number of carbonyl (C=O) groups is 1. The van der Waals surface area contributed by atoms with E-state index >= 15 is 0 Å². The van der Waals surface area contributed by atoms with Gasteiger partial charge in [-0.3, -0.25) is 0 Å². The van der Waals surface area contributed by atoms with Crippen LogP contribution in [0.15, 0.2) is 35.9 Å². The lowest BCUT2D eigenvalue weighted by Crippen LogP contribution is -2.10. The molecule has 0 fully saturated rings. The fraction of sp³-hybridized carbons (Fsp3) is 0.250. The monoisotopic (exact) mass is 206 g/mol. The van der Waals surface area contributed by atoms with Gasteiger partial charge in [0, 0.05) is 0 Å². The summed E-state index contributed by atoms with van der Waals surface area (Å²) in [5.41, 5.74) is 1.95. The molecule has 0 aromatic heterocycles. The minimum absolute atomic E-state index is 0.295. The van der Waals surface area contributed by atoms with E-state index in [4.69, 9.17) is 5.11 Å². The van der Waals surface area contributed by atoms with Gasteiger partial charge in [0.25, 0.3) is 0 Å². The molecular weight excluding hydrogens is 192 g/mol. The second-order valence-corrected chi connectivity index (χ2v) is 3.12. The van der Waals surface area contributed by atoms with E-state index in [1.807, 2.05) is 30.3 Å². The van der Waals surface area contributed by atoms with E-state index in [1.165, 1.54) is 7.11 Å². The predicted octanol–water partition coefficient (Wildman–Crippen LogP) is 1.63. The average molecular weight is 206 g/mol. The van der Waals surface area contributed by atoms with Crippen LogP contribution in [0.2, 0.25) is 0 Å². The summed E-state index contributed by atoms with van der Waals surface area (Å²) in [5.74, 6) is -0.487. The van der Waals surface area contributed by atoms with Crippen LogP contribution in [-0.2, 0) is 9.53 Å². The van der Waals surface area contributed by atoms with Gasteiger partial charge in [-0.1, -0.05) is 30.3 Å². The van der Waals surface area contributed by atoms with E-state index in [0.717, 1.165) is 11.1 Å². The summed E-state index contributed by atoms with van der Waals surface area (Å²) in [6.07, 6.45) is 0. The van der Waals surface area contributed by atoms with Gasteiger partial charge >= 0.3 is 5.97 Å². The lowest BCUT2D eigenvalue weighted by atomic mass is 10.0. The van der Waals surface area contributed by atoms with Crippen LogP contribution >= 0.6 is 0 Å². The van der Waals surface area contributed by atoms with Gasteiger partial charge in [-0.25, -0.2) is 4.79 Å². The molecule has 0 saturated carbocycles. The molecule has 0 atom stereocenters. The summed E-state index contributed by atoms with van der Waals surface area (Å²) < 4.78 is 4.59. The van der Waals surface area contributed by atoms with Crippen molar-refractivity contribution in [2.45, 2.75) is 6.92 Å². The Morgan fingerprint density at radius 3 is 2.40 bits per heavy atom. The second kappa shape index (κ2) is 5.32. The van der Waals surface area contributed by atoms with E-state index in [-0.39, 0.29) is 6.61 Å². The minimum atomic E-state index is -0.487. The van der Waals surface area contributed by atoms with Crippen LogP contribution in [0.1, 0.15) is 12.5 Å². The molecule has 15 heavy (non-hydrogen) atoms. The van der Waals surface area contributed by atoms with Gasteiger partial charge in [-0.2, -0.15) is 0 Å². The number of hydrogen-bond acceptors (Lipinski definition) is 3. The first-order valence-electron chi connectivity index (χ1n) is 4.65. The maximum atomic E-state index is 11.3. The van der Waals surface area contributed by atoms with Gasteiger partial charge in [0.15, 0.2) is 0 Å². The number of ether oxygens (including phenoxy) is 1. The maximum absolute atomic E-state index is 11.3. The molecule has 3 heteroatoms. The van der Waals surface area contributed by atoms with E-state index in [0.29, 0.717) is 5.57 Å². The Bertz CT molecular complexity index is 366. The van der Waals surface area contributed by atoms with Crippen LogP contribution < -0.4 is 0 Å². The fourth-order valence-corrected chi connectivity index (χ4v) is 1.32. The lowest BCUT2D eigenvalue weighted by molar-refractivity contribution is -0.136. The molecule has 1 aromatic carbocycles. The van der Waals surface area contributed by atoms with Crippen LogP contribution in [0, 0.1) is 0 Å². The third kappa shape index (κ3) is 2.67. The van der Waals surface area contributed by atoms with Crippen molar-refractivity contribution in [3.63, 3.8) is 0 Å². The van der Waals surface area contributed by atoms with Crippen molar-refractivity contribution in [3.8, 4) is 0 Å². The molecule has 80 valence electrons. The van der Waals surface area contributed by atoms with Crippen LogP contribution in [0.25, 0.3) is 5.57 Å². The number of hydrogen-bond donors (Lipinski definition) is 1. The zero-order valence-corrected chi connectivity index (χ0v) is 8.86. The smallest absolute Gasteiger partial charge is 0.336 e. The highest BCUT2D eigenvalue weighted by Crippen LogP contribution is 2.18. The first-order valence-corrected chi connectivity index (χ1v) is 4.65. The number of carbonyl (C=O) groups excluding carboxylic acids is 1. The van der Waals surface area contributed by atoms with E-state index in [9.17, 15) is 4.79 Å². The molecule has 0 aliphatic carbocycles. The molecule has 0 spiro atoms. The van der Waals surface area contributed by atoms with Gasteiger partial charge in [-0.15, -0.1) is 0 Å². The van der Waals surface area contributed by atoms with Gasteiger partial charge in [0.2, 0.25) is 0 Å². The molecule has 0 unspecified atom stereocenters. The molecule has 0 radical (unpaired) electrons. The Morgan fingerprint density at radius 2 is 1.93 bits per heavy atom. The zero-order valence-electron chi connectivity index (χ0n) is 8.86. The van der Waals surface area contributed by atoms with Crippen LogP contribution in [0.4, 0.5) is 0 Å². The minimum Gasteiger partial charge on any atom is -0.466 e. The number of benzene rings is 1. The summed E-state index contributed by atoms with van der Waals surface area (Å²) in [5, 5.41) is 9.10. The van der Waals surface area contributed by atoms with Crippen molar-refractivity contribution in [1.82, 2.24) is 0 Å². The molecule has 3 nitrogen and oxygen atoms in total. The highest BCUT2D eigenvalue weighted by atomic mass is 16.5.